The van der Waals surface area contributed by atoms with Crippen LogP contribution >= 0.6 is 35.0 Å². The van der Waals surface area contributed by atoms with Crippen LogP contribution in [-0.2, 0) is 4.79 Å². The topological polar surface area (TPSA) is 29.1 Å². The zero-order valence-corrected chi connectivity index (χ0v) is 13.8. The molecule has 110 valence electrons. The number of carbonyl (C=O) groups is 1. The molecule has 1 atom stereocenters. The van der Waals surface area contributed by atoms with Crippen molar-refractivity contribution in [3.8, 4) is 0 Å². The van der Waals surface area contributed by atoms with Crippen LogP contribution in [-0.4, -0.2) is 11.7 Å². The molecule has 2 aromatic carbocycles. The summed E-state index contributed by atoms with van der Waals surface area (Å²) in [4.78, 5) is 12.9. The molecule has 2 aromatic rings. The number of benzene rings is 2. The molecular weight excluding hydrogens is 325 g/mol. The molecule has 0 saturated heterocycles. The van der Waals surface area contributed by atoms with Crippen LogP contribution in [0.4, 0.5) is 0 Å². The summed E-state index contributed by atoms with van der Waals surface area (Å²) < 4.78 is 0. The molecular formula is C16H15Cl2NOS. The Kier molecular flexibility index (Phi) is 5.97. The fraction of sp³-hybridized carbons (Fsp3) is 0.188. The predicted octanol–water partition coefficient (Wildman–Crippen LogP) is 4.96. The molecule has 0 fully saturated rings. The van der Waals surface area contributed by atoms with Crippen molar-refractivity contribution >= 4 is 40.9 Å². The Bertz CT molecular complexity index is 616. The lowest BCUT2D eigenvalue weighted by Crippen LogP contribution is -2.28. The van der Waals surface area contributed by atoms with E-state index in [1.54, 1.807) is 0 Å². The Morgan fingerprint density at radius 2 is 1.81 bits per heavy atom. The summed E-state index contributed by atoms with van der Waals surface area (Å²) in [7, 11) is 0. The zero-order valence-electron chi connectivity index (χ0n) is 11.5. The van der Waals surface area contributed by atoms with Crippen LogP contribution in [0.1, 0.15) is 18.5 Å². The van der Waals surface area contributed by atoms with Crippen molar-refractivity contribution in [1.82, 2.24) is 5.32 Å². The average molecular weight is 340 g/mol. The second-order valence-corrected chi connectivity index (χ2v) is 6.42. The van der Waals surface area contributed by atoms with E-state index in [-0.39, 0.29) is 11.9 Å². The second kappa shape index (κ2) is 7.74. The number of nitrogens with one attached hydrogen (secondary N) is 1. The van der Waals surface area contributed by atoms with E-state index in [9.17, 15) is 4.79 Å². The minimum atomic E-state index is -0.0541. The van der Waals surface area contributed by atoms with E-state index in [2.05, 4.69) is 5.32 Å². The van der Waals surface area contributed by atoms with E-state index in [1.807, 2.05) is 55.5 Å². The van der Waals surface area contributed by atoms with Crippen LogP contribution < -0.4 is 5.32 Å². The Morgan fingerprint density at radius 3 is 2.48 bits per heavy atom. The van der Waals surface area contributed by atoms with Gasteiger partial charge >= 0.3 is 0 Å². The van der Waals surface area contributed by atoms with Crippen molar-refractivity contribution < 1.29 is 4.79 Å². The van der Waals surface area contributed by atoms with Crippen LogP contribution in [0.5, 0.6) is 0 Å². The lowest BCUT2D eigenvalue weighted by Gasteiger charge is -2.14. The van der Waals surface area contributed by atoms with Gasteiger partial charge in [0, 0.05) is 9.92 Å². The summed E-state index contributed by atoms with van der Waals surface area (Å²) in [6, 6.07) is 14.9. The molecule has 1 amide bonds. The van der Waals surface area contributed by atoms with E-state index in [4.69, 9.17) is 23.2 Å². The van der Waals surface area contributed by atoms with Crippen molar-refractivity contribution in [3.05, 3.63) is 64.1 Å². The van der Waals surface area contributed by atoms with Crippen molar-refractivity contribution in [2.45, 2.75) is 17.9 Å². The van der Waals surface area contributed by atoms with Gasteiger partial charge in [-0.25, -0.2) is 0 Å². The fourth-order valence-corrected chi connectivity index (χ4v) is 3.00. The van der Waals surface area contributed by atoms with Gasteiger partial charge in [0.15, 0.2) is 0 Å². The van der Waals surface area contributed by atoms with E-state index in [0.29, 0.717) is 15.8 Å². The predicted molar refractivity (Wildman–Crippen MR) is 90.2 cm³/mol. The molecule has 0 radical (unpaired) electrons. The van der Waals surface area contributed by atoms with Gasteiger partial charge in [-0.1, -0.05) is 47.5 Å². The maximum atomic E-state index is 12.0. The minimum Gasteiger partial charge on any atom is -0.349 e. The highest BCUT2D eigenvalue weighted by Crippen LogP contribution is 2.26. The van der Waals surface area contributed by atoms with Crippen LogP contribution in [0, 0.1) is 0 Å². The van der Waals surface area contributed by atoms with Gasteiger partial charge in [-0.2, -0.15) is 0 Å². The molecule has 21 heavy (non-hydrogen) atoms. The first-order valence-electron chi connectivity index (χ1n) is 6.48. The summed E-state index contributed by atoms with van der Waals surface area (Å²) >= 11 is 13.3. The molecule has 0 bridgehead atoms. The quantitative estimate of drug-likeness (QED) is 0.779. The second-order valence-electron chi connectivity index (χ2n) is 4.56. The molecule has 0 heterocycles. The average Bonchev–Trinajstić information content (AvgIpc) is 2.47. The van der Waals surface area contributed by atoms with Gasteiger partial charge < -0.3 is 5.32 Å². The molecule has 0 unspecified atom stereocenters. The number of thioether (sulfide) groups is 1. The number of hydrogen-bond acceptors (Lipinski definition) is 2. The van der Waals surface area contributed by atoms with Gasteiger partial charge in [-0.15, -0.1) is 11.8 Å². The van der Waals surface area contributed by atoms with Gasteiger partial charge in [0.1, 0.15) is 0 Å². The number of rotatable bonds is 5. The highest BCUT2D eigenvalue weighted by Gasteiger charge is 2.10. The molecule has 0 spiro atoms. The highest BCUT2D eigenvalue weighted by atomic mass is 35.5. The number of halogens is 2. The molecule has 0 aromatic heterocycles. The van der Waals surface area contributed by atoms with Gasteiger partial charge in [0.2, 0.25) is 5.91 Å². The van der Waals surface area contributed by atoms with E-state index < -0.39 is 0 Å². The lowest BCUT2D eigenvalue weighted by atomic mass is 10.1. The third-order valence-electron chi connectivity index (χ3n) is 2.94. The van der Waals surface area contributed by atoms with Crippen LogP contribution in [0.2, 0.25) is 10.0 Å². The number of hydrogen-bond donors (Lipinski definition) is 1. The van der Waals surface area contributed by atoms with Crippen molar-refractivity contribution in [2.24, 2.45) is 0 Å². The molecule has 2 nitrogen and oxygen atoms in total. The maximum absolute atomic E-state index is 12.0. The third kappa shape index (κ3) is 4.95. The number of carbonyl (C=O) groups excluding carboxylic acids is 1. The minimum absolute atomic E-state index is 0.0256. The maximum Gasteiger partial charge on any atom is 0.230 e. The Labute approximate surface area is 138 Å². The first-order valence-corrected chi connectivity index (χ1v) is 8.22. The fourth-order valence-electron chi connectivity index (χ4n) is 1.82. The zero-order chi connectivity index (χ0) is 15.2. The first-order chi connectivity index (χ1) is 10.1. The van der Waals surface area contributed by atoms with Crippen molar-refractivity contribution in [3.63, 3.8) is 0 Å². The smallest absolute Gasteiger partial charge is 0.230 e. The van der Waals surface area contributed by atoms with Crippen LogP contribution in [0.3, 0.4) is 0 Å². The van der Waals surface area contributed by atoms with Gasteiger partial charge in [-0.3, -0.25) is 4.79 Å². The van der Waals surface area contributed by atoms with Gasteiger partial charge in [-0.05, 0) is 36.8 Å². The monoisotopic (exact) mass is 339 g/mol. The summed E-state index contributed by atoms with van der Waals surface area (Å²) in [5, 5.41) is 4.31. The normalized spacial score (nSPS) is 12.0. The summed E-state index contributed by atoms with van der Waals surface area (Å²) in [5.41, 5.74) is 1.02. The molecule has 0 saturated carbocycles. The summed E-state index contributed by atoms with van der Waals surface area (Å²) in [5.74, 6) is 0.309. The van der Waals surface area contributed by atoms with Crippen molar-refractivity contribution in [2.75, 3.05) is 5.75 Å². The van der Waals surface area contributed by atoms with Crippen LogP contribution in [0.25, 0.3) is 0 Å². The first kappa shape index (κ1) is 16.2. The largest absolute Gasteiger partial charge is 0.349 e. The Morgan fingerprint density at radius 1 is 1.14 bits per heavy atom. The standard InChI is InChI=1S/C16H15Cl2NOS/c1-11(12-6-8-13(17)9-7-12)19-16(20)10-21-15-5-3-2-4-14(15)18/h2-9,11H,10H2,1H3,(H,19,20)/t11-/m1/s1. The molecule has 1 N–H and O–H groups in total. The van der Waals surface area contributed by atoms with Crippen molar-refractivity contribution in [1.29, 1.82) is 0 Å². The van der Waals surface area contributed by atoms with E-state index in [1.165, 1.54) is 11.8 Å². The van der Waals surface area contributed by atoms with E-state index >= 15 is 0 Å². The Hall–Kier alpha value is -1.16. The summed E-state index contributed by atoms with van der Waals surface area (Å²) in [6.45, 7) is 1.95. The molecule has 5 heteroatoms. The third-order valence-corrected chi connectivity index (χ3v) is 4.71. The van der Waals surface area contributed by atoms with Gasteiger partial charge in [0.05, 0.1) is 16.8 Å². The SMILES string of the molecule is C[C@@H](NC(=O)CSc1ccccc1Cl)c1ccc(Cl)cc1. The lowest BCUT2D eigenvalue weighted by molar-refractivity contribution is -0.119. The molecule has 2 rings (SSSR count). The highest BCUT2D eigenvalue weighted by molar-refractivity contribution is 8.00. The molecule has 0 aliphatic heterocycles. The molecule has 0 aliphatic rings. The van der Waals surface area contributed by atoms with E-state index in [0.717, 1.165) is 10.5 Å². The van der Waals surface area contributed by atoms with Gasteiger partial charge in [0.25, 0.3) is 0 Å². The Balaban J connectivity index is 1.87. The van der Waals surface area contributed by atoms with Crippen LogP contribution in [0.15, 0.2) is 53.4 Å². The molecule has 0 aliphatic carbocycles. The number of amides is 1. The summed E-state index contributed by atoms with van der Waals surface area (Å²) in [6.07, 6.45) is 0.